The van der Waals surface area contributed by atoms with Crippen molar-refractivity contribution in [1.82, 2.24) is 4.72 Å². The number of ketones is 1. The molecule has 0 radical (unpaired) electrons. The quantitative estimate of drug-likeness (QED) is 0.500. The van der Waals surface area contributed by atoms with Crippen molar-refractivity contribution >= 4 is 39.0 Å². The average Bonchev–Trinajstić information content (AvgIpc) is 2.76. The Morgan fingerprint density at radius 2 is 1.58 bits per heavy atom. The molecule has 3 rings (SSSR count). The number of hydrogen-bond donors (Lipinski definition) is 2. The summed E-state index contributed by atoms with van der Waals surface area (Å²) in [6.45, 7) is -0.381. The summed E-state index contributed by atoms with van der Waals surface area (Å²) in [6.07, 6.45) is -0.269. The number of rotatable bonds is 8. The van der Waals surface area contributed by atoms with Crippen LogP contribution < -0.4 is 10.0 Å². The molecule has 0 unspecified atom stereocenters. The van der Waals surface area contributed by atoms with Gasteiger partial charge in [0.05, 0.1) is 17.9 Å². The summed E-state index contributed by atoms with van der Waals surface area (Å²) in [5.41, 5.74) is 0.808. The van der Waals surface area contributed by atoms with Crippen LogP contribution in [-0.2, 0) is 21.2 Å². The molecule has 0 aliphatic heterocycles. The number of Topliss-reactive ketones (excluding diaryl/α,β-unsaturated/α-hetero) is 1. The van der Waals surface area contributed by atoms with E-state index in [0.717, 1.165) is 0 Å². The molecule has 2 N–H and O–H groups in total. The highest BCUT2D eigenvalue weighted by Crippen LogP contribution is 2.20. The lowest BCUT2D eigenvalue weighted by Gasteiger charge is -2.09. The number of nitrogens with one attached hydrogen (secondary N) is 2. The van der Waals surface area contributed by atoms with Gasteiger partial charge in [0.25, 0.3) is 0 Å². The molecule has 9 heteroatoms. The zero-order valence-electron chi connectivity index (χ0n) is 16.1. The van der Waals surface area contributed by atoms with Crippen LogP contribution in [0.25, 0.3) is 0 Å². The van der Waals surface area contributed by atoms with E-state index in [9.17, 15) is 22.4 Å². The Morgan fingerprint density at radius 1 is 0.903 bits per heavy atom. The molecule has 0 aliphatic rings. The van der Waals surface area contributed by atoms with Crippen LogP contribution in [0, 0.1) is 5.82 Å². The molecule has 0 bridgehead atoms. The van der Waals surface area contributed by atoms with E-state index in [4.69, 9.17) is 11.6 Å². The number of benzene rings is 3. The smallest absolute Gasteiger partial charge is 0.240 e. The molecule has 0 atom stereocenters. The topological polar surface area (TPSA) is 92.3 Å². The number of amides is 1. The zero-order valence-corrected chi connectivity index (χ0v) is 17.7. The molecule has 0 aliphatic carbocycles. The molecule has 1 amide bonds. The van der Waals surface area contributed by atoms with Crippen LogP contribution in [0.1, 0.15) is 15.9 Å². The molecule has 31 heavy (non-hydrogen) atoms. The van der Waals surface area contributed by atoms with Crippen molar-refractivity contribution < 1.29 is 22.4 Å². The third-order valence-electron chi connectivity index (χ3n) is 4.37. The molecule has 0 saturated carbocycles. The van der Waals surface area contributed by atoms with Gasteiger partial charge < -0.3 is 5.32 Å². The van der Waals surface area contributed by atoms with E-state index in [1.807, 2.05) is 0 Å². The maximum Gasteiger partial charge on any atom is 0.240 e. The van der Waals surface area contributed by atoms with Gasteiger partial charge in [-0.05, 0) is 36.4 Å². The van der Waals surface area contributed by atoms with E-state index in [1.165, 1.54) is 42.5 Å². The van der Waals surface area contributed by atoms with Crippen molar-refractivity contribution in [2.45, 2.75) is 11.3 Å². The van der Waals surface area contributed by atoms with Gasteiger partial charge in [-0.2, -0.15) is 0 Å². The summed E-state index contributed by atoms with van der Waals surface area (Å²) in [6, 6.07) is 17.9. The fourth-order valence-electron chi connectivity index (χ4n) is 2.75. The van der Waals surface area contributed by atoms with Crippen molar-refractivity contribution in [3.8, 4) is 0 Å². The minimum atomic E-state index is -3.92. The predicted molar refractivity (Wildman–Crippen MR) is 116 cm³/mol. The first-order valence-corrected chi connectivity index (χ1v) is 11.0. The molecule has 0 saturated heterocycles. The van der Waals surface area contributed by atoms with Crippen LogP contribution in [0.5, 0.6) is 0 Å². The molecule has 6 nitrogen and oxygen atoms in total. The molecule has 0 aromatic heterocycles. The highest BCUT2D eigenvalue weighted by Gasteiger charge is 2.17. The number of carbonyl (C=O) groups excluding carboxylic acids is 2. The van der Waals surface area contributed by atoms with Crippen LogP contribution >= 0.6 is 11.6 Å². The first-order valence-electron chi connectivity index (χ1n) is 9.17. The highest BCUT2D eigenvalue weighted by atomic mass is 35.5. The Kier molecular flexibility index (Phi) is 7.17. The second kappa shape index (κ2) is 9.82. The summed E-state index contributed by atoms with van der Waals surface area (Å²) in [5.74, 6) is -1.45. The van der Waals surface area contributed by atoms with E-state index >= 15 is 0 Å². The standard InChI is InChI=1S/C22H18ClFN2O4S/c23-19-7-4-8-20(24)18(19)13-22(28)26-16-9-11-17(12-10-16)31(29,30)25-14-21(27)15-5-2-1-3-6-15/h1-12,25H,13-14H2,(H,26,28). The van der Waals surface area contributed by atoms with Gasteiger partial charge >= 0.3 is 0 Å². The van der Waals surface area contributed by atoms with Gasteiger partial charge in [-0.25, -0.2) is 17.5 Å². The van der Waals surface area contributed by atoms with Crippen LogP contribution in [-0.4, -0.2) is 26.7 Å². The van der Waals surface area contributed by atoms with Gasteiger partial charge in [0.1, 0.15) is 5.82 Å². The first-order chi connectivity index (χ1) is 14.8. The number of hydrogen-bond acceptors (Lipinski definition) is 4. The third-order valence-corrected chi connectivity index (χ3v) is 6.14. The molecular formula is C22H18ClFN2O4S. The van der Waals surface area contributed by atoms with E-state index in [-0.39, 0.29) is 34.2 Å². The first kappa shape index (κ1) is 22.6. The fourth-order valence-corrected chi connectivity index (χ4v) is 3.97. The molecule has 3 aromatic rings. The average molecular weight is 461 g/mol. The van der Waals surface area contributed by atoms with Crippen molar-refractivity contribution in [1.29, 1.82) is 0 Å². The van der Waals surface area contributed by atoms with Crippen LogP contribution in [0.15, 0.2) is 77.7 Å². The van der Waals surface area contributed by atoms with Crippen molar-refractivity contribution in [2.24, 2.45) is 0 Å². The number of halogens is 2. The Morgan fingerprint density at radius 3 is 2.23 bits per heavy atom. The minimum absolute atomic E-state index is 0.0662. The Balaban J connectivity index is 1.61. The Bertz CT molecular complexity index is 1180. The zero-order chi connectivity index (χ0) is 22.4. The maximum atomic E-state index is 13.8. The monoisotopic (exact) mass is 460 g/mol. The van der Waals surface area contributed by atoms with Crippen LogP contribution in [0.3, 0.4) is 0 Å². The number of anilines is 1. The second-order valence-electron chi connectivity index (χ2n) is 6.56. The van der Waals surface area contributed by atoms with E-state index in [1.54, 1.807) is 30.3 Å². The molecular weight excluding hydrogens is 443 g/mol. The van der Waals surface area contributed by atoms with Crippen molar-refractivity contribution in [2.75, 3.05) is 11.9 Å². The van der Waals surface area contributed by atoms with Gasteiger partial charge in [-0.3, -0.25) is 9.59 Å². The summed E-state index contributed by atoms with van der Waals surface area (Å²) in [7, 11) is -3.92. The summed E-state index contributed by atoms with van der Waals surface area (Å²) in [5, 5.41) is 2.71. The molecule has 0 fully saturated rings. The van der Waals surface area contributed by atoms with Crippen molar-refractivity contribution in [3.05, 3.63) is 94.8 Å². The Labute approximate surface area is 184 Å². The van der Waals surface area contributed by atoms with Crippen LogP contribution in [0.2, 0.25) is 5.02 Å². The SMILES string of the molecule is O=C(Cc1c(F)cccc1Cl)Nc1ccc(S(=O)(=O)NCC(=O)c2ccccc2)cc1. The van der Waals surface area contributed by atoms with E-state index in [2.05, 4.69) is 10.0 Å². The van der Waals surface area contributed by atoms with Gasteiger partial charge in [0.2, 0.25) is 15.9 Å². The van der Waals surface area contributed by atoms with E-state index < -0.39 is 21.7 Å². The lowest BCUT2D eigenvalue weighted by molar-refractivity contribution is -0.115. The lowest BCUT2D eigenvalue weighted by atomic mass is 10.1. The molecule has 160 valence electrons. The highest BCUT2D eigenvalue weighted by molar-refractivity contribution is 7.89. The lowest BCUT2D eigenvalue weighted by Crippen LogP contribution is -2.29. The number of carbonyl (C=O) groups is 2. The molecule has 3 aromatic carbocycles. The predicted octanol–water partition coefficient (Wildman–Crippen LogP) is 3.82. The number of sulfonamides is 1. The maximum absolute atomic E-state index is 13.8. The van der Waals surface area contributed by atoms with Gasteiger partial charge in [0.15, 0.2) is 5.78 Å². The normalized spacial score (nSPS) is 11.2. The summed E-state index contributed by atoms with van der Waals surface area (Å²) in [4.78, 5) is 24.2. The minimum Gasteiger partial charge on any atom is -0.326 e. The fraction of sp³-hybridized carbons (Fsp3) is 0.0909. The van der Waals surface area contributed by atoms with Gasteiger partial charge in [0, 0.05) is 21.8 Å². The van der Waals surface area contributed by atoms with Crippen LogP contribution in [0.4, 0.5) is 10.1 Å². The van der Waals surface area contributed by atoms with Gasteiger partial charge in [-0.1, -0.05) is 48.0 Å². The summed E-state index contributed by atoms with van der Waals surface area (Å²) >= 11 is 5.92. The second-order valence-corrected chi connectivity index (χ2v) is 8.74. The third kappa shape index (κ3) is 5.97. The van der Waals surface area contributed by atoms with E-state index in [0.29, 0.717) is 11.3 Å². The van der Waals surface area contributed by atoms with Gasteiger partial charge in [-0.15, -0.1) is 0 Å². The largest absolute Gasteiger partial charge is 0.326 e. The Hall–Kier alpha value is -3.07. The van der Waals surface area contributed by atoms with Crippen molar-refractivity contribution in [3.63, 3.8) is 0 Å². The summed E-state index contributed by atoms with van der Waals surface area (Å²) < 4.78 is 40.9. The molecule has 0 heterocycles. The molecule has 0 spiro atoms.